The molecule has 0 aliphatic carbocycles. The van der Waals surface area contributed by atoms with E-state index in [9.17, 15) is 8.78 Å². The van der Waals surface area contributed by atoms with E-state index in [2.05, 4.69) is 26.2 Å². The minimum Gasteiger partial charge on any atom is -0.312 e. The molecular formula is C14H13BrF2N2. The maximum atomic E-state index is 13.9. The van der Waals surface area contributed by atoms with Crippen molar-refractivity contribution >= 4 is 15.9 Å². The molecule has 0 fully saturated rings. The van der Waals surface area contributed by atoms with Crippen LogP contribution in [0.5, 0.6) is 0 Å². The third kappa shape index (κ3) is 3.36. The molecule has 0 aliphatic rings. The minimum absolute atomic E-state index is 0.0383. The lowest BCUT2D eigenvalue weighted by Gasteiger charge is -2.18. The summed E-state index contributed by atoms with van der Waals surface area (Å²) in [6.07, 6.45) is 2.09. The molecule has 1 aromatic heterocycles. The SMILES string of the molecule is CNC(Cc1ccccn1)c1c(F)cc(Br)cc1F. The molecule has 1 heterocycles. The molecule has 0 aliphatic heterocycles. The first-order chi connectivity index (χ1) is 9.11. The van der Waals surface area contributed by atoms with Gasteiger partial charge >= 0.3 is 0 Å². The molecule has 2 aromatic rings. The standard InChI is InChI=1S/C14H13BrF2N2/c1-18-13(8-10-4-2-3-5-19-10)14-11(16)6-9(15)7-12(14)17/h2-7,13,18H,8H2,1H3. The van der Waals surface area contributed by atoms with Crippen LogP contribution in [-0.2, 0) is 6.42 Å². The average Bonchev–Trinajstić information content (AvgIpc) is 2.37. The van der Waals surface area contributed by atoms with Gasteiger partial charge in [0.05, 0.1) is 0 Å². The maximum absolute atomic E-state index is 13.9. The van der Waals surface area contributed by atoms with Gasteiger partial charge in [-0.3, -0.25) is 4.98 Å². The topological polar surface area (TPSA) is 24.9 Å². The van der Waals surface area contributed by atoms with Crippen molar-refractivity contribution in [2.45, 2.75) is 12.5 Å². The molecule has 19 heavy (non-hydrogen) atoms. The Morgan fingerprint density at radius 1 is 1.26 bits per heavy atom. The summed E-state index contributed by atoms with van der Waals surface area (Å²) in [5.74, 6) is -1.13. The molecule has 1 N–H and O–H groups in total. The smallest absolute Gasteiger partial charge is 0.132 e. The predicted octanol–water partition coefficient (Wildman–Crippen LogP) is 3.63. The van der Waals surface area contributed by atoms with Gasteiger partial charge in [0.1, 0.15) is 11.6 Å². The van der Waals surface area contributed by atoms with Crippen molar-refractivity contribution in [3.8, 4) is 0 Å². The van der Waals surface area contributed by atoms with Gasteiger partial charge in [0.25, 0.3) is 0 Å². The molecule has 0 radical (unpaired) electrons. The first-order valence-corrected chi connectivity index (χ1v) is 6.62. The van der Waals surface area contributed by atoms with Crippen molar-refractivity contribution in [1.82, 2.24) is 10.3 Å². The fourth-order valence-electron chi connectivity index (χ4n) is 1.96. The van der Waals surface area contributed by atoms with Crippen LogP contribution in [0.4, 0.5) is 8.78 Å². The molecular weight excluding hydrogens is 314 g/mol. The van der Waals surface area contributed by atoms with Crippen LogP contribution >= 0.6 is 15.9 Å². The molecule has 0 saturated heterocycles. The van der Waals surface area contributed by atoms with E-state index in [4.69, 9.17) is 0 Å². The van der Waals surface area contributed by atoms with Gasteiger partial charge in [-0.1, -0.05) is 22.0 Å². The van der Waals surface area contributed by atoms with Gasteiger partial charge in [-0.05, 0) is 31.3 Å². The number of benzene rings is 1. The quantitative estimate of drug-likeness (QED) is 0.928. The monoisotopic (exact) mass is 326 g/mol. The van der Waals surface area contributed by atoms with Gasteiger partial charge < -0.3 is 5.32 Å². The van der Waals surface area contributed by atoms with Crippen LogP contribution in [0.3, 0.4) is 0 Å². The Bertz CT molecular complexity index is 538. The Morgan fingerprint density at radius 2 is 1.95 bits per heavy atom. The normalized spacial score (nSPS) is 12.4. The Morgan fingerprint density at radius 3 is 2.47 bits per heavy atom. The number of nitrogens with one attached hydrogen (secondary N) is 1. The third-order valence-electron chi connectivity index (χ3n) is 2.88. The summed E-state index contributed by atoms with van der Waals surface area (Å²) in [4.78, 5) is 4.17. The molecule has 1 aromatic carbocycles. The number of hydrogen-bond acceptors (Lipinski definition) is 2. The second kappa shape index (κ2) is 6.21. The number of hydrogen-bond donors (Lipinski definition) is 1. The van der Waals surface area contributed by atoms with Crippen molar-refractivity contribution in [2.75, 3.05) is 7.05 Å². The highest BCUT2D eigenvalue weighted by atomic mass is 79.9. The third-order valence-corrected chi connectivity index (χ3v) is 3.34. The Balaban J connectivity index is 2.32. The largest absolute Gasteiger partial charge is 0.312 e. The van der Waals surface area contributed by atoms with Gasteiger partial charge in [-0.15, -0.1) is 0 Å². The van der Waals surface area contributed by atoms with E-state index in [0.717, 1.165) is 5.69 Å². The molecule has 1 unspecified atom stereocenters. The van der Waals surface area contributed by atoms with E-state index in [1.807, 2.05) is 12.1 Å². The summed E-state index contributed by atoms with van der Waals surface area (Å²) in [7, 11) is 1.68. The highest BCUT2D eigenvalue weighted by Gasteiger charge is 2.20. The molecule has 5 heteroatoms. The second-order valence-electron chi connectivity index (χ2n) is 4.15. The maximum Gasteiger partial charge on any atom is 0.132 e. The van der Waals surface area contributed by atoms with Crippen LogP contribution in [0.1, 0.15) is 17.3 Å². The number of nitrogens with zero attached hydrogens (tertiary/aromatic N) is 1. The van der Waals surface area contributed by atoms with Crippen LogP contribution in [0.15, 0.2) is 41.0 Å². The summed E-state index contributed by atoms with van der Waals surface area (Å²) >= 11 is 3.07. The summed E-state index contributed by atoms with van der Waals surface area (Å²) in [5, 5.41) is 2.93. The molecule has 2 nitrogen and oxygen atoms in total. The highest BCUT2D eigenvalue weighted by Crippen LogP contribution is 2.26. The number of aromatic nitrogens is 1. The van der Waals surface area contributed by atoms with Crippen molar-refractivity contribution in [3.63, 3.8) is 0 Å². The lowest BCUT2D eigenvalue weighted by molar-refractivity contribution is 0.486. The van der Waals surface area contributed by atoms with Crippen molar-refractivity contribution in [3.05, 3.63) is 63.9 Å². The number of halogens is 3. The van der Waals surface area contributed by atoms with Gasteiger partial charge in [0, 0.05) is 34.4 Å². The highest BCUT2D eigenvalue weighted by molar-refractivity contribution is 9.10. The first-order valence-electron chi connectivity index (χ1n) is 5.83. The van der Waals surface area contributed by atoms with Crippen LogP contribution in [0.2, 0.25) is 0 Å². The average molecular weight is 327 g/mol. The number of pyridine rings is 1. The van der Waals surface area contributed by atoms with Gasteiger partial charge in [0.2, 0.25) is 0 Å². The van der Waals surface area contributed by atoms with Gasteiger partial charge in [-0.25, -0.2) is 8.78 Å². The van der Waals surface area contributed by atoms with E-state index in [1.165, 1.54) is 12.1 Å². The van der Waals surface area contributed by atoms with E-state index in [-0.39, 0.29) is 5.56 Å². The van der Waals surface area contributed by atoms with Crippen LogP contribution < -0.4 is 5.32 Å². The zero-order chi connectivity index (χ0) is 13.8. The van der Waals surface area contributed by atoms with E-state index in [1.54, 1.807) is 19.3 Å². The zero-order valence-corrected chi connectivity index (χ0v) is 11.9. The summed E-state index contributed by atoms with van der Waals surface area (Å²) in [5.41, 5.74) is 0.819. The minimum atomic E-state index is -0.567. The van der Waals surface area contributed by atoms with E-state index < -0.39 is 17.7 Å². The Labute approximate surface area is 119 Å². The van der Waals surface area contributed by atoms with Crippen LogP contribution in [0.25, 0.3) is 0 Å². The summed E-state index contributed by atoms with van der Waals surface area (Å²) in [6, 6.07) is 7.56. The molecule has 0 amide bonds. The molecule has 2 rings (SSSR count). The Kier molecular flexibility index (Phi) is 4.61. The fourth-order valence-corrected chi connectivity index (χ4v) is 2.36. The number of rotatable bonds is 4. The fraction of sp³-hybridized carbons (Fsp3) is 0.214. The molecule has 0 saturated carbocycles. The second-order valence-corrected chi connectivity index (χ2v) is 5.07. The Hall–Kier alpha value is -1.33. The van der Waals surface area contributed by atoms with Crippen molar-refractivity contribution < 1.29 is 8.78 Å². The summed E-state index contributed by atoms with van der Waals surface area (Å²) < 4.78 is 28.2. The van der Waals surface area contributed by atoms with Crippen molar-refractivity contribution in [2.24, 2.45) is 0 Å². The molecule has 100 valence electrons. The lowest BCUT2D eigenvalue weighted by Crippen LogP contribution is -2.22. The van der Waals surface area contributed by atoms with Gasteiger partial charge in [-0.2, -0.15) is 0 Å². The molecule has 0 bridgehead atoms. The molecule has 1 atom stereocenters. The van der Waals surface area contributed by atoms with E-state index in [0.29, 0.717) is 10.9 Å². The van der Waals surface area contributed by atoms with Crippen LogP contribution in [-0.4, -0.2) is 12.0 Å². The predicted molar refractivity (Wildman–Crippen MR) is 73.8 cm³/mol. The summed E-state index contributed by atoms with van der Waals surface area (Å²) in [6.45, 7) is 0. The van der Waals surface area contributed by atoms with Gasteiger partial charge in [0.15, 0.2) is 0 Å². The molecule has 0 spiro atoms. The first kappa shape index (κ1) is 14.1. The number of likely N-dealkylation sites (N-methyl/N-ethyl adjacent to an activating group) is 1. The lowest BCUT2D eigenvalue weighted by atomic mass is 10.0. The van der Waals surface area contributed by atoms with E-state index >= 15 is 0 Å². The zero-order valence-electron chi connectivity index (χ0n) is 10.3. The van der Waals surface area contributed by atoms with Crippen LogP contribution in [0, 0.1) is 11.6 Å². The van der Waals surface area contributed by atoms with Crippen molar-refractivity contribution in [1.29, 1.82) is 0 Å².